The molecule has 2 saturated heterocycles. The van der Waals surface area contributed by atoms with E-state index >= 15 is 0 Å². The molecule has 0 aromatic heterocycles. The molecule has 0 aliphatic carbocycles. The molecule has 2 aliphatic rings. The van der Waals surface area contributed by atoms with Crippen LogP contribution in [0.2, 0.25) is 0 Å². The van der Waals surface area contributed by atoms with Gasteiger partial charge in [-0.05, 0) is 34.1 Å². The van der Waals surface area contributed by atoms with E-state index < -0.39 is 0 Å². The summed E-state index contributed by atoms with van der Waals surface area (Å²) in [7, 11) is 0. The fourth-order valence-corrected chi connectivity index (χ4v) is 3.13. The van der Waals surface area contributed by atoms with E-state index in [4.69, 9.17) is 14.7 Å². The highest BCUT2D eigenvalue weighted by atomic mass is 16.5. The summed E-state index contributed by atoms with van der Waals surface area (Å²) in [6.07, 6.45) is 0.723. The number of morpholine rings is 1. The van der Waals surface area contributed by atoms with Crippen molar-refractivity contribution in [3.8, 4) is 6.07 Å². The molecular weight excluding hydrogens is 216 g/mol. The minimum Gasteiger partial charge on any atom is -0.368 e. The Hall–Kier alpha value is -0.630. The molecule has 2 unspecified atom stereocenters. The highest BCUT2D eigenvalue weighted by Crippen LogP contribution is 2.40. The van der Waals surface area contributed by atoms with Crippen molar-refractivity contribution in [1.82, 2.24) is 4.90 Å². The normalized spacial score (nSPS) is 36.6. The summed E-state index contributed by atoms with van der Waals surface area (Å²) in [6.45, 7) is 10.8. The van der Waals surface area contributed by atoms with Gasteiger partial charge in [0.15, 0.2) is 6.10 Å². The highest BCUT2D eigenvalue weighted by molar-refractivity contribution is 5.02. The van der Waals surface area contributed by atoms with Crippen molar-refractivity contribution in [1.29, 1.82) is 5.26 Å². The van der Waals surface area contributed by atoms with Crippen molar-refractivity contribution in [3.63, 3.8) is 0 Å². The van der Waals surface area contributed by atoms with Crippen molar-refractivity contribution in [3.05, 3.63) is 0 Å². The van der Waals surface area contributed by atoms with Gasteiger partial charge >= 0.3 is 0 Å². The van der Waals surface area contributed by atoms with Crippen LogP contribution in [-0.2, 0) is 9.47 Å². The minimum absolute atomic E-state index is 0.0748. The molecule has 0 bridgehead atoms. The second kappa shape index (κ2) is 4.24. The number of ether oxygens (including phenoxy) is 2. The van der Waals surface area contributed by atoms with E-state index in [1.807, 2.05) is 0 Å². The van der Waals surface area contributed by atoms with Crippen LogP contribution in [0.1, 0.15) is 34.1 Å². The zero-order valence-corrected chi connectivity index (χ0v) is 11.2. The molecule has 0 aromatic carbocycles. The first-order chi connectivity index (χ1) is 7.84. The fourth-order valence-electron chi connectivity index (χ4n) is 3.13. The Bertz CT molecular complexity index is 333. The summed E-state index contributed by atoms with van der Waals surface area (Å²) in [5.41, 5.74) is -0.227. The van der Waals surface area contributed by atoms with Gasteiger partial charge in [-0.3, -0.25) is 4.90 Å². The van der Waals surface area contributed by atoms with Crippen LogP contribution >= 0.6 is 0 Å². The molecule has 0 amide bonds. The van der Waals surface area contributed by atoms with Gasteiger partial charge in [-0.2, -0.15) is 5.26 Å². The summed E-state index contributed by atoms with van der Waals surface area (Å²) in [4.78, 5) is 2.35. The molecule has 4 heteroatoms. The topological polar surface area (TPSA) is 45.5 Å². The average Bonchev–Trinajstić information content (AvgIpc) is 2.47. The summed E-state index contributed by atoms with van der Waals surface area (Å²) >= 11 is 0. The Morgan fingerprint density at radius 3 is 2.53 bits per heavy atom. The molecule has 0 radical (unpaired) electrons. The molecule has 0 N–H and O–H groups in total. The SMILES string of the molecule is CC1(C)CC(N2CCOC(C#N)C2)C(C)(C)O1. The zero-order chi connectivity index (χ0) is 12.7. The van der Waals surface area contributed by atoms with Gasteiger partial charge in [-0.15, -0.1) is 0 Å². The second-order valence-electron chi connectivity index (χ2n) is 6.17. The Morgan fingerprint density at radius 2 is 2.00 bits per heavy atom. The molecule has 4 nitrogen and oxygen atoms in total. The van der Waals surface area contributed by atoms with Crippen LogP contribution in [0.5, 0.6) is 0 Å². The third kappa shape index (κ3) is 2.62. The molecule has 2 heterocycles. The maximum absolute atomic E-state index is 8.95. The molecule has 2 atom stereocenters. The predicted octanol–water partition coefficient (Wildman–Crippen LogP) is 1.56. The van der Waals surface area contributed by atoms with Crippen LogP contribution in [-0.4, -0.2) is 47.9 Å². The molecule has 2 aliphatic heterocycles. The van der Waals surface area contributed by atoms with Gasteiger partial charge in [-0.25, -0.2) is 0 Å². The van der Waals surface area contributed by atoms with Gasteiger partial charge in [0.05, 0.1) is 23.9 Å². The van der Waals surface area contributed by atoms with Crippen LogP contribution in [0, 0.1) is 11.3 Å². The van der Waals surface area contributed by atoms with Crippen LogP contribution in [0.15, 0.2) is 0 Å². The van der Waals surface area contributed by atoms with Crippen LogP contribution in [0.3, 0.4) is 0 Å². The monoisotopic (exact) mass is 238 g/mol. The number of nitriles is 1. The van der Waals surface area contributed by atoms with Gasteiger partial charge in [0.2, 0.25) is 0 Å². The van der Waals surface area contributed by atoms with E-state index in [-0.39, 0.29) is 17.3 Å². The minimum atomic E-state index is -0.289. The van der Waals surface area contributed by atoms with E-state index in [1.54, 1.807) is 0 Å². The molecule has 17 heavy (non-hydrogen) atoms. The van der Waals surface area contributed by atoms with Crippen LogP contribution in [0.4, 0.5) is 0 Å². The van der Waals surface area contributed by atoms with Crippen molar-refractivity contribution in [2.75, 3.05) is 19.7 Å². The Balaban J connectivity index is 2.09. The van der Waals surface area contributed by atoms with Crippen LogP contribution in [0.25, 0.3) is 0 Å². The summed E-state index contributed by atoms with van der Waals surface area (Å²) in [6, 6.07) is 2.57. The van der Waals surface area contributed by atoms with Crippen molar-refractivity contribution in [2.45, 2.75) is 57.5 Å². The average molecular weight is 238 g/mol. The molecule has 2 fully saturated rings. The highest BCUT2D eigenvalue weighted by Gasteiger charge is 2.49. The molecule has 0 saturated carbocycles. The number of hydrogen-bond donors (Lipinski definition) is 0. The van der Waals surface area contributed by atoms with Gasteiger partial charge < -0.3 is 9.47 Å². The lowest BCUT2D eigenvalue weighted by Gasteiger charge is -2.39. The molecule has 0 spiro atoms. The number of rotatable bonds is 1. The molecule has 2 rings (SSSR count). The molecule has 96 valence electrons. The molecular formula is C13H22N2O2. The Morgan fingerprint density at radius 1 is 1.29 bits per heavy atom. The van der Waals surface area contributed by atoms with E-state index in [9.17, 15) is 0 Å². The van der Waals surface area contributed by atoms with Gasteiger partial charge in [0.25, 0.3) is 0 Å². The van der Waals surface area contributed by atoms with E-state index in [0.29, 0.717) is 19.2 Å². The number of nitrogens with zero attached hydrogens (tertiary/aromatic N) is 2. The van der Waals surface area contributed by atoms with Gasteiger partial charge in [0.1, 0.15) is 0 Å². The first-order valence-electron chi connectivity index (χ1n) is 6.29. The van der Waals surface area contributed by atoms with E-state index in [2.05, 4.69) is 38.7 Å². The van der Waals surface area contributed by atoms with Crippen molar-refractivity contribution < 1.29 is 9.47 Å². The summed E-state index contributed by atoms with van der Waals surface area (Å²) < 4.78 is 11.5. The second-order valence-corrected chi connectivity index (χ2v) is 6.17. The first-order valence-corrected chi connectivity index (χ1v) is 6.29. The largest absolute Gasteiger partial charge is 0.368 e. The standard InChI is InChI=1S/C13H22N2O2/c1-12(2)7-11(13(3,4)17-12)15-5-6-16-10(8-14)9-15/h10-11H,5-7,9H2,1-4H3. The zero-order valence-electron chi connectivity index (χ0n) is 11.2. The summed E-state index contributed by atoms with van der Waals surface area (Å²) in [5.74, 6) is 0. The quantitative estimate of drug-likeness (QED) is 0.695. The third-order valence-corrected chi connectivity index (χ3v) is 3.71. The van der Waals surface area contributed by atoms with Gasteiger partial charge in [-0.1, -0.05) is 0 Å². The maximum Gasteiger partial charge on any atom is 0.156 e. The summed E-state index contributed by atoms with van der Waals surface area (Å²) in [5, 5.41) is 8.95. The van der Waals surface area contributed by atoms with Crippen molar-refractivity contribution >= 4 is 0 Å². The lowest BCUT2D eigenvalue weighted by molar-refractivity contribution is -0.0932. The fraction of sp³-hybridized carbons (Fsp3) is 0.923. The Kier molecular flexibility index (Phi) is 3.19. The smallest absolute Gasteiger partial charge is 0.156 e. The first kappa shape index (κ1) is 12.8. The van der Waals surface area contributed by atoms with E-state index in [1.165, 1.54) is 0 Å². The van der Waals surface area contributed by atoms with E-state index in [0.717, 1.165) is 13.0 Å². The lowest BCUT2D eigenvalue weighted by Crippen LogP contribution is -2.53. The predicted molar refractivity (Wildman–Crippen MR) is 64.6 cm³/mol. The Labute approximate surface area is 103 Å². The number of hydrogen-bond acceptors (Lipinski definition) is 4. The third-order valence-electron chi connectivity index (χ3n) is 3.71. The maximum atomic E-state index is 8.95. The van der Waals surface area contributed by atoms with Crippen LogP contribution < -0.4 is 0 Å². The molecule has 0 aromatic rings. The lowest BCUT2D eigenvalue weighted by atomic mass is 9.92. The van der Waals surface area contributed by atoms with Crippen molar-refractivity contribution in [2.24, 2.45) is 0 Å². The van der Waals surface area contributed by atoms with Gasteiger partial charge in [0, 0.05) is 19.1 Å².